The molecule has 1 unspecified atom stereocenters. The lowest BCUT2D eigenvalue weighted by atomic mass is 9.91. The number of benzene rings is 1. The summed E-state index contributed by atoms with van der Waals surface area (Å²) in [6, 6.07) is 10.5. The Balaban J connectivity index is 2.37. The Kier molecular flexibility index (Phi) is 4.82. The molecule has 0 fully saturated rings. The van der Waals surface area contributed by atoms with Gasteiger partial charge < -0.3 is 4.74 Å². The maximum absolute atomic E-state index is 12.6. The summed E-state index contributed by atoms with van der Waals surface area (Å²) in [6.07, 6.45) is 3.12. The molecule has 0 radical (unpaired) electrons. The average molecular weight is 283 g/mol. The van der Waals surface area contributed by atoms with Gasteiger partial charge in [0, 0.05) is 18.0 Å². The third-order valence-electron chi connectivity index (χ3n) is 3.14. The van der Waals surface area contributed by atoms with Gasteiger partial charge in [0.2, 0.25) is 0 Å². The minimum atomic E-state index is -0.971. The van der Waals surface area contributed by atoms with Gasteiger partial charge in [0.1, 0.15) is 5.92 Å². The van der Waals surface area contributed by atoms with E-state index in [1.165, 1.54) is 6.20 Å². The van der Waals surface area contributed by atoms with Crippen LogP contribution >= 0.6 is 0 Å². The number of hydrogen-bond acceptors (Lipinski definition) is 4. The number of aromatic nitrogens is 1. The topological polar surface area (TPSA) is 56.3 Å². The summed E-state index contributed by atoms with van der Waals surface area (Å²) in [5.41, 5.74) is 2.09. The van der Waals surface area contributed by atoms with Gasteiger partial charge in [-0.2, -0.15) is 0 Å². The van der Waals surface area contributed by atoms with Crippen LogP contribution in [0.15, 0.2) is 48.8 Å². The Labute approximate surface area is 123 Å². The predicted octanol–water partition coefficient (Wildman–Crippen LogP) is 2.92. The third-order valence-corrected chi connectivity index (χ3v) is 3.14. The number of aryl methyl sites for hydroxylation is 1. The van der Waals surface area contributed by atoms with Crippen molar-refractivity contribution in [3.63, 3.8) is 0 Å². The molecule has 0 bridgehead atoms. The Bertz CT molecular complexity index is 620. The maximum Gasteiger partial charge on any atom is 0.321 e. The van der Waals surface area contributed by atoms with E-state index in [0.717, 1.165) is 5.56 Å². The lowest BCUT2D eigenvalue weighted by Crippen LogP contribution is -2.24. The standard InChI is InChI=1S/C17H17NO3/c1-3-21-17(20)15(14-5-4-10-18-11-14)16(19)13-8-6-12(2)7-9-13/h4-11,15H,3H2,1-2H3. The molecular weight excluding hydrogens is 266 g/mol. The van der Waals surface area contributed by atoms with Gasteiger partial charge in [-0.1, -0.05) is 35.9 Å². The van der Waals surface area contributed by atoms with Crippen LogP contribution in [-0.2, 0) is 9.53 Å². The second-order valence-electron chi connectivity index (χ2n) is 4.70. The Morgan fingerprint density at radius 3 is 2.48 bits per heavy atom. The van der Waals surface area contributed by atoms with Crippen LogP contribution in [0.3, 0.4) is 0 Å². The van der Waals surface area contributed by atoms with E-state index in [9.17, 15) is 9.59 Å². The number of esters is 1. The molecule has 0 N–H and O–H groups in total. The number of carbonyl (C=O) groups is 2. The van der Waals surface area contributed by atoms with E-state index in [0.29, 0.717) is 11.1 Å². The molecule has 1 atom stereocenters. The maximum atomic E-state index is 12.6. The van der Waals surface area contributed by atoms with Gasteiger partial charge in [-0.15, -0.1) is 0 Å². The highest BCUT2D eigenvalue weighted by Crippen LogP contribution is 2.22. The van der Waals surface area contributed by atoms with Crippen LogP contribution in [-0.4, -0.2) is 23.3 Å². The summed E-state index contributed by atoms with van der Waals surface area (Å²) >= 11 is 0. The zero-order valence-electron chi connectivity index (χ0n) is 12.1. The number of nitrogens with zero attached hydrogens (tertiary/aromatic N) is 1. The normalized spacial score (nSPS) is 11.7. The van der Waals surface area contributed by atoms with Crippen molar-refractivity contribution in [3.05, 3.63) is 65.5 Å². The van der Waals surface area contributed by atoms with Crippen molar-refractivity contribution in [1.82, 2.24) is 4.98 Å². The van der Waals surface area contributed by atoms with Crippen LogP contribution in [0.5, 0.6) is 0 Å². The molecule has 2 aromatic rings. The molecular formula is C17H17NO3. The van der Waals surface area contributed by atoms with E-state index in [2.05, 4.69) is 4.98 Å². The van der Waals surface area contributed by atoms with E-state index < -0.39 is 11.9 Å². The highest BCUT2D eigenvalue weighted by molar-refractivity contribution is 6.12. The molecule has 4 nitrogen and oxygen atoms in total. The molecule has 108 valence electrons. The van der Waals surface area contributed by atoms with E-state index in [1.54, 1.807) is 37.4 Å². The smallest absolute Gasteiger partial charge is 0.321 e. The Morgan fingerprint density at radius 1 is 1.19 bits per heavy atom. The first-order chi connectivity index (χ1) is 10.1. The third kappa shape index (κ3) is 3.54. The van der Waals surface area contributed by atoms with Gasteiger partial charge in [0.15, 0.2) is 5.78 Å². The van der Waals surface area contributed by atoms with Crippen LogP contribution in [0.4, 0.5) is 0 Å². The van der Waals surface area contributed by atoms with Gasteiger partial charge >= 0.3 is 5.97 Å². The second kappa shape index (κ2) is 6.79. The van der Waals surface area contributed by atoms with Gasteiger partial charge in [-0.3, -0.25) is 14.6 Å². The number of ether oxygens (including phenoxy) is 1. The SMILES string of the molecule is CCOC(=O)C(C(=O)c1ccc(C)cc1)c1cccnc1. The molecule has 2 rings (SSSR count). The minimum absolute atomic E-state index is 0.233. The summed E-state index contributed by atoms with van der Waals surface area (Å²) in [5.74, 6) is -1.79. The number of hydrogen-bond donors (Lipinski definition) is 0. The molecule has 1 heterocycles. The first-order valence-electron chi connectivity index (χ1n) is 6.81. The van der Waals surface area contributed by atoms with Crippen LogP contribution in [0.25, 0.3) is 0 Å². The van der Waals surface area contributed by atoms with Gasteiger partial charge in [0.05, 0.1) is 6.61 Å². The minimum Gasteiger partial charge on any atom is -0.465 e. The van der Waals surface area contributed by atoms with Crippen molar-refractivity contribution in [1.29, 1.82) is 0 Å². The second-order valence-corrected chi connectivity index (χ2v) is 4.70. The Morgan fingerprint density at radius 2 is 1.90 bits per heavy atom. The van der Waals surface area contributed by atoms with Crippen LogP contribution < -0.4 is 0 Å². The highest BCUT2D eigenvalue weighted by atomic mass is 16.5. The van der Waals surface area contributed by atoms with E-state index in [1.807, 2.05) is 19.1 Å². The summed E-state index contributed by atoms with van der Waals surface area (Å²) in [5, 5.41) is 0. The Hall–Kier alpha value is -2.49. The molecule has 1 aromatic heterocycles. The molecule has 0 aliphatic rings. The molecule has 21 heavy (non-hydrogen) atoms. The van der Waals surface area contributed by atoms with Crippen molar-refractivity contribution in [2.45, 2.75) is 19.8 Å². The fourth-order valence-corrected chi connectivity index (χ4v) is 2.05. The molecule has 0 aliphatic carbocycles. The fourth-order valence-electron chi connectivity index (χ4n) is 2.05. The molecule has 0 saturated carbocycles. The molecule has 0 saturated heterocycles. The van der Waals surface area contributed by atoms with Crippen molar-refractivity contribution in [3.8, 4) is 0 Å². The van der Waals surface area contributed by atoms with Gasteiger partial charge in [-0.05, 0) is 25.5 Å². The number of rotatable bonds is 5. The van der Waals surface area contributed by atoms with Crippen LogP contribution in [0, 0.1) is 6.92 Å². The largest absolute Gasteiger partial charge is 0.465 e. The van der Waals surface area contributed by atoms with Crippen LogP contribution in [0.1, 0.15) is 34.3 Å². The average Bonchev–Trinajstić information content (AvgIpc) is 2.49. The number of ketones is 1. The summed E-state index contributed by atoms with van der Waals surface area (Å²) in [7, 11) is 0. The zero-order valence-corrected chi connectivity index (χ0v) is 12.1. The van der Waals surface area contributed by atoms with Crippen LogP contribution in [0.2, 0.25) is 0 Å². The molecule has 0 spiro atoms. The molecule has 4 heteroatoms. The first kappa shape index (κ1) is 14.9. The quantitative estimate of drug-likeness (QED) is 0.481. The monoisotopic (exact) mass is 283 g/mol. The lowest BCUT2D eigenvalue weighted by molar-refractivity contribution is -0.143. The number of Topliss-reactive ketones (excluding diaryl/α,β-unsaturated/α-hetero) is 1. The fraction of sp³-hybridized carbons (Fsp3) is 0.235. The lowest BCUT2D eigenvalue weighted by Gasteiger charge is -2.14. The zero-order chi connectivity index (χ0) is 15.2. The van der Waals surface area contributed by atoms with E-state index in [4.69, 9.17) is 4.74 Å². The highest BCUT2D eigenvalue weighted by Gasteiger charge is 2.30. The van der Waals surface area contributed by atoms with Gasteiger partial charge in [0.25, 0.3) is 0 Å². The van der Waals surface area contributed by atoms with Crippen molar-refractivity contribution in [2.75, 3.05) is 6.61 Å². The molecule has 1 aromatic carbocycles. The predicted molar refractivity (Wildman–Crippen MR) is 79.1 cm³/mol. The van der Waals surface area contributed by atoms with Crippen molar-refractivity contribution < 1.29 is 14.3 Å². The van der Waals surface area contributed by atoms with Crippen molar-refractivity contribution >= 4 is 11.8 Å². The van der Waals surface area contributed by atoms with Crippen molar-refractivity contribution in [2.24, 2.45) is 0 Å². The molecule has 0 amide bonds. The first-order valence-corrected chi connectivity index (χ1v) is 6.81. The van der Waals surface area contributed by atoms with E-state index in [-0.39, 0.29) is 12.4 Å². The summed E-state index contributed by atoms with van der Waals surface area (Å²) in [4.78, 5) is 28.8. The number of pyridine rings is 1. The number of carbonyl (C=O) groups excluding carboxylic acids is 2. The summed E-state index contributed by atoms with van der Waals surface area (Å²) in [6.45, 7) is 3.89. The molecule has 0 aliphatic heterocycles. The van der Waals surface area contributed by atoms with E-state index >= 15 is 0 Å². The van der Waals surface area contributed by atoms with Gasteiger partial charge in [-0.25, -0.2) is 0 Å². The summed E-state index contributed by atoms with van der Waals surface area (Å²) < 4.78 is 5.04.